The lowest BCUT2D eigenvalue weighted by atomic mass is 10.0. The number of aromatic nitrogens is 2. The van der Waals surface area contributed by atoms with Gasteiger partial charge in [0.05, 0.1) is 24.6 Å². The molecule has 0 N–H and O–H groups in total. The fourth-order valence-electron chi connectivity index (χ4n) is 3.13. The number of carbonyl (C=O) groups is 1. The van der Waals surface area contributed by atoms with Crippen LogP contribution in [0, 0.1) is 0 Å². The summed E-state index contributed by atoms with van der Waals surface area (Å²) in [5.74, 6) is 0. The number of allylic oxidation sites excluding steroid dienone is 2. The van der Waals surface area contributed by atoms with Gasteiger partial charge in [-0.05, 0) is 40.0 Å². The number of amides is 1. The molecule has 1 aliphatic carbocycles. The third kappa shape index (κ3) is 3.18. The Morgan fingerprint density at radius 2 is 2.23 bits per heavy atom. The summed E-state index contributed by atoms with van der Waals surface area (Å²) >= 11 is 0. The third-order valence-electron chi connectivity index (χ3n) is 4.18. The van der Waals surface area contributed by atoms with E-state index >= 15 is 0 Å². The number of nitrogens with zero attached hydrogens (tertiary/aromatic N) is 3. The minimum atomic E-state index is -0.455. The second-order valence-electron chi connectivity index (χ2n) is 7.12. The number of hydrogen-bond donors (Lipinski definition) is 0. The van der Waals surface area contributed by atoms with E-state index in [-0.39, 0.29) is 6.09 Å². The number of rotatable bonds is 1. The van der Waals surface area contributed by atoms with E-state index in [4.69, 9.17) is 4.74 Å². The van der Waals surface area contributed by atoms with Crippen molar-refractivity contribution in [2.75, 3.05) is 6.54 Å². The Labute approximate surface area is 132 Å². The minimum Gasteiger partial charge on any atom is -0.444 e. The molecule has 0 fully saturated rings. The van der Waals surface area contributed by atoms with Crippen LogP contribution in [-0.4, -0.2) is 32.7 Å². The van der Waals surface area contributed by atoms with E-state index in [2.05, 4.69) is 21.7 Å². The molecule has 0 saturated carbocycles. The van der Waals surface area contributed by atoms with E-state index in [0.29, 0.717) is 19.1 Å². The molecular formula is C17H25N3O2. The SMILES string of the molecule is CC(C)(C)OC(=O)N1CCc2c(ncn2C2C=CCCC2)C1. The lowest BCUT2D eigenvalue weighted by molar-refractivity contribution is 0.0220. The van der Waals surface area contributed by atoms with Crippen molar-refractivity contribution in [3.8, 4) is 0 Å². The van der Waals surface area contributed by atoms with Gasteiger partial charge in [-0.25, -0.2) is 9.78 Å². The van der Waals surface area contributed by atoms with Gasteiger partial charge in [-0.15, -0.1) is 0 Å². The van der Waals surface area contributed by atoms with Gasteiger partial charge >= 0.3 is 6.09 Å². The maximum Gasteiger partial charge on any atom is 0.410 e. The van der Waals surface area contributed by atoms with E-state index in [1.54, 1.807) is 4.90 Å². The molecule has 0 bridgehead atoms. The van der Waals surface area contributed by atoms with Crippen LogP contribution in [0.2, 0.25) is 0 Å². The zero-order valence-electron chi connectivity index (χ0n) is 13.7. The zero-order chi connectivity index (χ0) is 15.7. The first-order chi connectivity index (χ1) is 10.4. The van der Waals surface area contributed by atoms with Gasteiger partial charge in [0.15, 0.2) is 0 Å². The molecule has 5 heteroatoms. The summed E-state index contributed by atoms with van der Waals surface area (Å²) in [5, 5.41) is 0. The Balaban J connectivity index is 1.72. The van der Waals surface area contributed by atoms with Crippen molar-refractivity contribution in [2.45, 2.75) is 64.6 Å². The maximum absolute atomic E-state index is 12.2. The summed E-state index contributed by atoms with van der Waals surface area (Å²) < 4.78 is 7.75. The monoisotopic (exact) mass is 303 g/mol. The Hall–Kier alpha value is -1.78. The number of carbonyl (C=O) groups excluding carboxylic acids is 1. The molecule has 1 unspecified atom stereocenters. The smallest absolute Gasteiger partial charge is 0.410 e. The predicted octanol–water partition coefficient (Wildman–Crippen LogP) is 3.46. The molecule has 1 atom stereocenters. The molecule has 3 rings (SSSR count). The van der Waals surface area contributed by atoms with Crippen molar-refractivity contribution in [1.29, 1.82) is 0 Å². The minimum absolute atomic E-state index is 0.245. The quantitative estimate of drug-likeness (QED) is 0.746. The normalized spacial score (nSPS) is 21.6. The molecule has 22 heavy (non-hydrogen) atoms. The molecule has 1 amide bonds. The van der Waals surface area contributed by atoms with E-state index < -0.39 is 5.60 Å². The summed E-state index contributed by atoms with van der Waals surface area (Å²) in [6, 6.07) is 0.429. The Bertz CT molecular complexity index is 583. The van der Waals surface area contributed by atoms with Gasteiger partial charge in [-0.2, -0.15) is 0 Å². The van der Waals surface area contributed by atoms with Crippen LogP contribution in [0.1, 0.15) is 57.5 Å². The van der Waals surface area contributed by atoms with E-state index in [1.807, 2.05) is 27.1 Å². The van der Waals surface area contributed by atoms with Crippen molar-refractivity contribution in [1.82, 2.24) is 14.5 Å². The number of ether oxygens (including phenoxy) is 1. The first-order valence-corrected chi connectivity index (χ1v) is 8.13. The van der Waals surface area contributed by atoms with E-state index in [9.17, 15) is 4.79 Å². The molecule has 0 aromatic carbocycles. The molecule has 0 radical (unpaired) electrons. The van der Waals surface area contributed by atoms with Crippen molar-refractivity contribution in [3.63, 3.8) is 0 Å². The fraction of sp³-hybridized carbons (Fsp3) is 0.647. The molecule has 1 aliphatic heterocycles. The van der Waals surface area contributed by atoms with E-state index in [1.165, 1.54) is 25.0 Å². The van der Waals surface area contributed by atoms with Gasteiger partial charge in [0.1, 0.15) is 5.60 Å². The maximum atomic E-state index is 12.2. The highest BCUT2D eigenvalue weighted by molar-refractivity contribution is 5.68. The Morgan fingerprint density at radius 1 is 1.41 bits per heavy atom. The van der Waals surface area contributed by atoms with Gasteiger partial charge in [0.2, 0.25) is 0 Å². The topological polar surface area (TPSA) is 47.4 Å². The molecule has 2 aliphatic rings. The third-order valence-corrected chi connectivity index (χ3v) is 4.18. The Kier molecular flexibility index (Phi) is 3.98. The lowest BCUT2D eigenvalue weighted by Crippen LogP contribution is -2.40. The Morgan fingerprint density at radius 3 is 2.91 bits per heavy atom. The average Bonchev–Trinajstić information content (AvgIpc) is 2.89. The van der Waals surface area contributed by atoms with Crippen molar-refractivity contribution in [3.05, 3.63) is 29.9 Å². The highest BCUT2D eigenvalue weighted by atomic mass is 16.6. The molecular weight excluding hydrogens is 278 g/mol. The number of fused-ring (bicyclic) bond motifs is 1. The van der Waals surface area contributed by atoms with Crippen molar-refractivity contribution in [2.24, 2.45) is 0 Å². The number of hydrogen-bond acceptors (Lipinski definition) is 3. The highest BCUT2D eigenvalue weighted by Crippen LogP contribution is 2.28. The summed E-state index contributed by atoms with van der Waals surface area (Å²) in [7, 11) is 0. The van der Waals surface area contributed by atoms with Crippen LogP contribution in [0.3, 0.4) is 0 Å². The van der Waals surface area contributed by atoms with Gasteiger partial charge in [-0.1, -0.05) is 12.2 Å². The first kappa shape index (κ1) is 15.1. The molecule has 2 heterocycles. The van der Waals surface area contributed by atoms with Gasteiger partial charge < -0.3 is 14.2 Å². The average molecular weight is 303 g/mol. The second-order valence-corrected chi connectivity index (χ2v) is 7.12. The largest absolute Gasteiger partial charge is 0.444 e. The molecule has 1 aromatic heterocycles. The van der Waals surface area contributed by atoms with Crippen LogP contribution >= 0.6 is 0 Å². The van der Waals surface area contributed by atoms with Crippen LogP contribution in [0.25, 0.3) is 0 Å². The summed E-state index contributed by atoms with van der Waals surface area (Å²) in [6.45, 7) is 6.93. The van der Waals surface area contributed by atoms with Crippen molar-refractivity contribution < 1.29 is 9.53 Å². The standard InChI is InChI=1S/C17H25N3O2/c1-17(2,3)22-16(21)19-10-9-15-14(11-19)18-12-20(15)13-7-5-4-6-8-13/h5,7,12-13H,4,6,8-11H2,1-3H3. The first-order valence-electron chi connectivity index (χ1n) is 8.13. The molecule has 1 aromatic rings. The van der Waals surface area contributed by atoms with Crippen LogP contribution in [0.15, 0.2) is 18.5 Å². The summed E-state index contributed by atoms with van der Waals surface area (Å²) in [5.41, 5.74) is 1.83. The highest BCUT2D eigenvalue weighted by Gasteiger charge is 2.29. The van der Waals surface area contributed by atoms with Gasteiger partial charge in [0.25, 0.3) is 0 Å². The number of imidazole rings is 1. The van der Waals surface area contributed by atoms with E-state index in [0.717, 1.165) is 12.1 Å². The lowest BCUT2D eigenvalue weighted by Gasteiger charge is -2.30. The van der Waals surface area contributed by atoms with Gasteiger partial charge in [-0.3, -0.25) is 0 Å². The molecule has 120 valence electrons. The van der Waals surface area contributed by atoms with Crippen molar-refractivity contribution >= 4 is 6.09 Å². The zero-order valence-corrected chi connectivity index (χ0v) is 13.7. The summed E-state index contributed by atoms with van der Waals surface area (Å²) in [4.78, 5) is 18.5. The second kappa shape index (κ2) is 5.78. The van der Waals surface area contributed by atoms with Gasteiger partial charge in [0, 0.05) is 18.7 Å². The molecule has 0 spiro atoms. The van der Waals surface area contributed by atoms with Crippen LogP contribution in [0.5, 0.6) is 0 Å². The van der Waals surface area contributed by atoms with Crippen LogP contribution in [-0.2, 0) is 17.7 Å². The predicted molar refractivity (Wildman–Crippen MR) is 84.6 cm³/mol. The molecule has 5 nitrogen and oxygen atoms in total. The summed E-state index contributed by atoms with van der Waals surface area (Å²) in [6.07, 6.45) is 10.7. The fourth-order valence-corrected chi connectivity index (χ4v) is 3.13. The van der Waals surface area contributed by atoms with Crippen LogP contribution in [0.4, 0.5) is 4.79 Å². The molecule has 0 saturated heterocycles. The van der Waals surface area contributed by atoms with Crippen LogP contribution < -0.4 is 0 Å².